The highest BCUT2D eigenvalue weighted by molar-refractivity contribution is 5.95. The van der Waals surface area contributed by atoms with Crippen molar-refractivity contribution in [1.82, 2.24) is 15.5 Å². The van der Waals surface area contributed by atoms with Crippen molar-refractivity contribution in [2.24, 2.45) is 5.41 Å². The number of hydrogen-bond acceptors (Lipinski definition) is 3. The van der Waals surface area contributed by atoms with Crippen LogP contribution in [0.1, 0.15) is 31.2 Å². The van der Waals surface area contributed by atoms with Crippen molar-refractivity contribution in [3.63, 3.8) is 0 Å². The number of nitrogens with one attached hydrogen (secondary N) is 2. The van der Waals surface area contributed by atoms with Gasteiger partial charge in [-0.2, -0.15) is 0 Å². The van der Waals surface area contributed by atoms with Crippen LogP contribution in [0.4, 0.5) is 10.5 Å². The minimum atomic E-state index is -0.0936. The van der Waals surface area contributed by atoms with Crippen LogP contribution in [-0.4, -0.2) is 48.9 Å². The second-order valence-corrected chi connectivity index (χ2v) is 7.60. The Bertz CT molecular complexity index is 750. The molecule has 0 radical (unpaired) electrons. The molecule has 1 aromatic rings. The summed E-state index contributed by atoms with van der Waals surface area (Å²) in [6.07, 6.45) is 2.89. The van der Waals surface area contributed by atoms with Gasteiger partial charge in [-0.25, -0.2) is 4.79 Å². The van der Waals surface area contributed by atoms with Crippen LogP contribution in [0.5, 0.6) is 0 Å². The van der Waals surface area contributed by atoms with Gasteiger partial charge < -0.3 is 20.4 Å². The second kappa shape index (κ2) is 6.63. The topological polar surface area (TPSA) is 81.8 Å². The zero-order valence-electron chi connectivity index (χ0n) is 14.8. The van der Waals surface area contributed by atoms with Gasteiger partial charge in [0.25, 0.3) is 0 Å². The quantitative estimate of drug-likeness (QED) is 0.855. The fraction of sp³-hybridized carbons (Fsp3) is 0.526. The minimum absolute atomic E-state index is 0.0789. The van der Waals surface area contributed by atoms with Crippen molar-refractivity contribution in [2.75, 3.05) is 31.1 Å². The Morgan fingerprint density at radius 1 is 1.27 bits per heavy atom. The third-order valence-electron chi connectivity index (χ3n) is 5.66. The van der Waals surface area contributed by atoms with Gasteiger partial charge in [0.2, 0.25) is 11.8 Å². The van der Waals surface area contributed by atoms with Crippen LogP contribution in [0.2, 0.25) is 0 Å². The summed E-state index contributed by atoms with van der Waals surface area (Å²) in [6.45, 7) is 3.16. The van der Waals surface area contributed by atoms with E-state index in [2.05, 4.69) is 10.6 Å². The lowest BCUT2D eigenvalue weighted by molar-refractivity contribution is -0.119. The zero-order valence-corrected chi connectivity index (χ0v) is 14.8. The number of nitrogens with zero attached hydrogens (tertiary/aromatic N) is 2. The molecule has 0 bridgehead atoms. The van der Waals surface area contributed by atoms with E-state index in [4.69, 9.17) is 0 Å². The molecule has 1 spiro atoms. The van der Waals surface area contributed by atoms with Crippen molar-refractivity contribution >= 4 is 23.5 Å². The number of urea groups is 1. The van der Waals surface area contributed by atoms with Gasteiger partial charge in [0.1, 0.15) is 0 Å². The van der Waals surface area contributed by atoms with Gasteiger partial charge in [-0.3, -0.25) is 9.59 Å². The lowest BCUT2D eigenvalue weighted by Crippen LogP contribution is -2.40. The van der Waals surface area contributed by atoms with Gasteiger partial charge in [-0.05, 0) is 30.5 Å². The Kier molecular flexibility index (Phi) is 4.30. The monoisotopic (exact) mass is 356 g/mol. The number of anilines is 1. The summed E-state index contributed by atoms with van der Waals surface area (Å²) in [7, 11) is 0. The lowest BCUT2D eigenvalue weighted by Gasteiger charge is -2.22. The molecule has 4 rings (SSSR count). The number of carbonyl (C=O) groups excluding carboxylic acids is 3. The summed E-state index contributed by atoms with van der Waals surface area (Å²) in [5, 5.41) is 5.84. The van der Waals surface area contributed by atoms with Crippen molar-refractivity contribution in [3.8, 4) is 0 Å². The fourth-order valence-electron chi connectivity index (χ4n) is 4.19. The van der Waals surface area contributed by atoms with Crippen molar-refractivity contribution in [2.45, 2.75) is 32.2 Å². The molecule has 0 saturated carbocycles. The number of carbonyl (C=O) groups is 3. The van der Waals surface area contributed by atoms with Crippen LogP contribution < -0.4 is 15.5 Å². The molecule has 3 saturated heterocycles. The maximum Gasteiger partial charge on any atom is 0.317 e. The molecular formula is C19H24N4O3. The maximum atomic E-state index is 12.5. The first-order valence-corrected chi connectivity index (χ1v) is 9.24. The molecule has 1 aromatic carbocycles. The van der Waals surface area contributed by atoms with Crippen LogP contribution in [0, 0.1) is 5.41 Å². The SMILES string of the molecule is O=C1CC2(CCN(C(=O)NCc3cccc(N4CCCC4=O)c3)C2)CN1. The number of likely N-dealkylation sites (tertiary alicyclic amines) is 1. The van der Waals surface area contributed by atoms with E-state index in [0.717, 1.165) is 30.6 Å². The smallest absolute Gasteiger partial charge is 0.317 e. The average molecular weight is 356 g/mol. The van der Waals surface area contributed by atoms with Gasteiger partial charge >= 0.3 is 6.03 Å². The number of amides is 4. The predicted octanol–water partition coefficient (Wildman–Crippen LogP) is 1.23. The first kappa shape index (κ1) is 16.9. The van der Waals surface area contributed by atoms with E-state index < -0.39 is 0 Å². The molecule has 3 fully saturated rings. The van der Waals surface area contributed by atoms with E-state index in [1.165, 1.54) is 0 Å². The number of hydrogen-bond donors (Lipinski definition) is 2. The molecule has 0 aromatic heterocycles. The Hall–Kier alpha value is -2.57. The summed E-state index contributed by atoms with van der Waals surface area (Å²) in [6, 6.07) is 7.68. The van der Waals surface area contributed by atoms with E-state index in [1.807, 2.05) is 24.3 Å². The van der Waals surface area contributed by atoms with Gasteiger partial charge in [-0.1, -0.05) is 12.1 Å². The Morgan fingerprint density at radius 2 is 2.15 bits per heavy atom. The second-order valence-electron chi connectivity index (χ2n) is 7.60. The number of rotatable bonds is 3. The van der Waals surface area contributed by atoms with Crippen LogP contribution in [-0.2, 0) is 16.1 Å². The molecule has 0 aliphatic carbocycles. The highest BCUT2D eigenvalue weighted by Gasteiger charge is 2.45. The van der Waals surface area contributed by atoms with Crippen LogP contribution in [0.3, 0.4) is 0 Å². The molecule has 2 N–H and O–H groups in total. The van der Waals surface area contributed by atoms with E-state index >= 15 is 0 Å². The molecule has 1 unspecified atom stereocenters. The molecular weight excluding hydrogens is 332 g/mol. The standard InChI is InChI=1S/C19H24N4O3/c24-16-10-19(12-21-16)6-8-22(13-19)18(26)20-11-14-3-1-4-15(9-14)23-7-2-5-17(23)25/h1,3-4,9H,2,5-8,10-13H2,(H,20,26)(H,21,24). The molecule has 3 heterocycles. The summed E-state index contributed by atoms with van der Waals surface area (Å²) in [5.74, 6) is 0.244. The minimum Gasteiger partial charge on any atom is -0.355 e. The lowest BCUT2D eigenvalue weighted by atomic mass is 9.86. The van der Waals surface area contributed by atoms with Gasteiger partial charge in [0.15, 0.2) is 0 Å². The first-order valence-electron chi connectivity index (χ1n) is 9.24. The van der Waals surface area contributed by atoms with Gasteiger partial charge in [0.05, 0.1) is 0 Å². The molecule has 26 heavy (non-hydrogen) atoms. The molecule has 138 valence electrons. The Morgan fingerprint density at radius 3 is 2.88 bits per heavy atom. The highest BCUT2D eigenvalue weighted by atomic mass is 16.2. The largest absolute Gasteiger partial charge is 0.355 e. The first-order chi connectivity index (χ1) is 12.5. The molecule has 4 amide bonds. The third kappa shape index (κ3) is 3.25. The summed E-state index contributed by atoms with van der Waals surface area (Å²) in [4.78, 5) is 39.5. The molecule has 3 aliphatic heterocycles. The summed E-state index contributed by atoms with van der Waals surface area (Å²) in [5.41, 5.74) is 1.79. The summed E-state index contributed by atoms with van der Waals surface area (Å²) >= 11 is 0. The van der Waals surface area contributed by atoms with Crippen molar-refractivity contribution in [1.29, 1.82) is 0 Å². The van der Waals surface area contributed by atoms with Crippen molar-refractivity contribution < 1.29 is 14.4 Å². The molecule has 7 nitrogen and oxygen atoms in total. The molecule has 3 aliphatic rings. The Balaban J connectivity index is 1.34. The highest BCUT2D eigenvalue weighted by Crippen LogP contribution is 2.36. The van der Waals surface area contributed by atoms with E-state index in [-0.39, 0.29) is 23.3 Å². The van der Waals surface area contributed by atoms with E-state index in [9.17, 15) is 14.4 Å². The third-order valence-corrected chi connectivity index (χ3v) is 5.66. The van der Waals surface area contributed by atoms with Crippen LogP contribution in [0.25, 0.3) is 0 Å². The maximum absolute atomic E-state index is 12.5. The van der Waals surface area contributed by atoms with Crippen LogP contribution >= 0.6 is 0 Å². The average Bonchev–Trinajstić information content (AvgIpc) is 3.34. The Labute approximate surface area is 152 Å². The van der Waals surface area contributed by atoms with Gasteiger partial charge in [-0.15, -0.1) is 0 Å². The van der Waals surface area contributed by atoms with E-state index in [0.29, 0.717) is 39.0 Å². The number of benzene rings is 1. The molecule has 7 heteroatoms. The van der Waals surface area contributed by atoms with Gasteiger partial charge in [0, 0.05) is 56.7 Å². The zero-order chi connectivity index (χ0) is 18.1. The fourth-order valence-corrected chi connectivity index (χ4v) is 4.19. The van der Waals surface area contributed by atoms with Crippen molar-refractivity contribution in [3.05, 3.63) is 29.8 Å². The predicted molar refractivity (Wildman–Crippen MR) is 96.5 cm³/mol. The summed E-state index contributed by atoms with van der Waals surface area (Å²) < 4.78 is 0. The molecule has 1 atom stereocenters. The normalized spacial score (nSPS) is 25.2. The van der Waals surface area contributed by atoms with Crippen LogP contribution in [0.15, 0.2) is 24.3 Å². The van der Waals surface area contributed by atoms with E-state index in [1.54, 1.807) is 9.80 Å².